The van der Waals surface area contributed by atoms with Crippen molar-refractivity contribution < 1.29 is 0 Å². The van der Waals surface area contributed by atoms with Crippen molar-refractivity contribution in [1.82, 2.24) is 4.57 Å². The van der Waals surface area contributed by atoms with Gasteiger partial charge in [0, 0.05) is 12.3 Å². The lowest BCUT2D eigenvalue weighted by molar-refractivity contribution is 0.758. The Morgan fingerprint density at radius 2 is 1.87 bits per heavy atom. The molecule has 1 aromatic carbocycles. The average molecular weight is 197 g/mol. The molecule has 2 radical (unpaired) electrons. The fourth-order valence-corrected chi connectivity index (χ4v) is 1.43. The first-order chi connectivity index (χ1) is 7.25. The lowest BCUT2D eigenvalue weighted by atomic mass is 10.2. The molecule has 0 N–H and O–H groups in total. The van der Waals surface area contributed by atoms with Gasteiger partial charge in [0.1, 0.15) is 0 Å². The normalized spacial score (nSPS) is 10.2. The van der Waals surface area contributed by atoms with E-state index in [0.29, 0.717) is 12.1 Å². The molecule has 0 atom stereocenters. The Hall–Kier alpha value is -1.83. The number of rotatable bonds is 2. The van der Waals surface area contributed by atoms with Gasteiger partial charge in [0.15, 0.2) is 0 Å². The molecule has 0 saturated heterocycles. The van der Waals surface area contributed by atoms with Crippen LogP contribution in [0.5, 0.6) is 0 Å². The van der Waals surface area contributed by atoms with Crippen LogP contribution in [0.2, 0.25) is 0 Å². The monoisotopic (exact) mass is 197 g/mol. The van der Waals surface area contributed by atoms with Crippen LogP contribution in [0.15, 0.2) is 53.5 Å². The summed E-state index contributed by atoms with van der Waals surface area (Å²) in [6.45, 7) is 6.09. The average Bonchev–Trinajstić information content (AvgIpc) is 2.24. The first-order valence-corrected chi connectivity index (χ1v) is 4.75. The van der Waals surface area contributed by atoms with E-state index in [9.17, 15) is 4.79 Å². The van der Waals surface area contributed by atoms with Gasteiger partial charge in [-0.2, -0.15) is 0 Å². The van der Waals surface area contributed by atoms with Gasteiger partial charge in [0.25, 0.3) is 5.56 Å². The summed E-state index contributed by atoms with van der Waals surface area (Å²) in [5.41, 5.74) is 1.53. The smallest absolute Gasteiger partial charge is 0.251 e. The molecule has 1 heterocycles. The zero-order chi connectivity index (χ0) is 10.7. The molecule has 2 nitrogen and oxygen atoms in total. The van der Waals surface area contributed by atoms with E-state index in [0.717, 1.165) is 5.56 Å². The van der Waals surface area contributed by atoms with Crippen molar-refractivity contribution in [1.29, 1.82) is 0 Å². The first kappa shape index (κ1) is 9.71. The topological polar surface area (TPSA) is 22.0 Å². The van der Waals surface area contributed by atoms with E-state index in [1.807, 2.05) is 30.3 Å². The van der Waals surface area contributed by atoms with Crippen LogP contribution in [-0.4, -0.2) is 4.57 Å². The van der Waals surface area contributed by atoms with Crippen molar-refractivity contribution in [2.75, 3.05) is 0 Å². The van der Waals surface area contributed by atoms with Crippen LogP contribution >= 0.6 is 0 Å². The maximum absolute atomic E-state index is 11.5. The summed E-state index contributed by atoms with van der Waals surface area (Å²) < 4.78 is 1.63. The second-order valence-corrected chi connectivity index (χ2v) is 3.41. The highest BCUT2D eigenvalue weighted by molar-refractivity contribution is 5.18. The molecule has 15 heavy (non-hydrogen) atoms. The Bertz CT molecular complexity index is 499. The Morgan fingerprint density at radius 1 is 1.13 bits per heavy atom. The van der Waals surface area contributed by atoms with Gasteiger partial charge >= 0.3 is 0 Å². The van der Waals surface area contributed by atoms with E-state index in [1.54, 1.807) is 16.8 Å². The van der Waals surface area contributed by atoms with Crippen molar-refractivity contribution >= 4 is 0 Å². The minimum absolute atomic E-state index is 0.0705. The quantitative estimate of drug-likeness (QED) is 0.721. The summed E-state index contributed by atoms with van der Waals surface area (Å²) in [6.07, 6.45) is 1.71. The third-order valence-electron chi connectivity index (χ3n) is 2.22. The number of hydrogen-bond donors (Lipinski definition) is 0. The fraction of sp³-hybridized carbons (Fsp3) is 0.0769. The Balaban J connectivity index is 2.29. The molecule has 74 valence electrons. The van der Waals surface area contributed by atoms with Gasteiger partial charge in [-0.15, -0.1) is 0 Å². The van der Waals surface area contributed by atoms with Crippen molar-refractivity contribution in [2.24, 2.45) is 0 Å². The molecular weight excluding hydrogens is 186 g/mol. The van der Waals surface area contributed by atoms with E-state index >= 15 is 0 Å². The largest absolute Gasteiger partial charge is 0.311 e. The molecule has 0 spiro atoms. The summed E-state index contributed by atoms with van der Waals surface area (Å²) in [7, 11) is 0. The number of benzene rings is 1. The second-order valence-electron chi connectivity index (χ2n) is 3.41. The van der Waals surface area contributed by atoms with Gasteiger partial charge in [0.2, 0.25) is 0 Å². The summed E-state index contributed by atoms with van der Waals surface area (Å²) in [5, 5.41) is 0. The Kier molecular flexibility index (Phi) is 2.68. The molecule has 2 aromatic rings. The molecule has 0 amide bonds. The molecule has 0 unspecified atom stereocenters. The van der Waals surface area contributed by atoms with Crippen LogP contribution in [0.4, 0.5) is 0 Å². The summed E-state index contributed by atoms with van der Waals surface area (Å²) in [6, 6.07) is 13.0. The minimum Gasteiger partial charge on any atom is -0.311 e. The molecule has 0 aliphatic rings. The summed E-state index contributed by atoms with van der Waals surface area (Å²) in [5.74, 6) is 0. The third kappa shape index (κ3) is 2.34. The molecule has 2 heteroatoms. The molecule has 0 aliphatic heterocycles. The van der Waals surface area contributed by atoms with Crippen LogP contribution in [-0.2, 0) is 6.54 Å². The van der Waals surface area contributed by atoms with Crippen molar-refractivity contribution in [3.63, 3.8) is 0 Å². The molecule has 0 bridgehead atoms. The zero-order valence-electron chi connectivity index (χ0n) is 8.26. The van der Waals surface area contributed by atoms with Gasteiger partial charge in [-0.25, -0.2) is 0 Å². The molecule has 0 aliphatic carbocycles. The predicted molar refractivity (Wildman–Crippen MR) is 59.6 cm³/mol. The first-order valence-electron chi connectivity index (χ1n) is 4.75. The van der Waals surface area contributed by atoms with Crippen LogP contribution < -0.4 is 5.56 Å². The maximum Gasteiger partial charge on any atom is 0.251 e. The second kappa shape index (κ2) is 4.13. The third-order valence-corrected chi connectivity index (χ3v) is 2.22. The highest BCUT2D eigenvalue weighted by Crippen LogP contribution is 2.00. The lowest BCUT2D eigenvalue weighted by Crippen LogP contribution is -2.19. The van der Waals surface area contributed by atoms with Crippen LogP contribution in [0.1, 0.15) is 11.1 Å². The Labute approximate surface area is 88.8 Å². The van der Waals surface area contributed by atoms with E-state index in [1.165, 1.54) is 6.07 Å². The van der Waals surface area contributed by atoms with Gasteiger partial charge in [-0.3, -0.25) is 4.79 Å². The molecule has 1 aromatic heterocycles. The number of pyridine rings is 1. The van der Waals surface area contributed by atoms with Gasteiger partial charge in [-0.1, -0.05) is 30.3 Å². The van der Waals surface area contributed by atoms with E-state index in [2.05, 4.69) is 0 Å². The van der Waals surface area contributed by atoms with Crippen molar-refractivity contribution in [3.8, 4) is 0 Å². The fourth-order valence-electron chi connectivity index (χ4n) is 1.43. The highest BCUT2D eigenvalue weighted by Gasteiger charge is 1.96. The Morgan fingerprint density at radius 3 is 2.53 bits per heavy atom. The van der Waals surface area contributed by atoms with Crippen LogP contribution in [0.3, 0.4) is 0 Å². The minimum atomic E-state index is -0.0705. The summed E-state index contributed by atoms with van der Waals surface area (Å²) in [4.78, 5) is 11.5. The van der Waals surface area contributed by atoms with E-state index < -0.39 is 0 Å². The number of nitrogens with zero attached hydrogens (tertiary/aromatic N) is 1. The zero-order valence-corrected chi connectivity index (χ0v) is 8.26. The van der Waals surface area contributed by atoms with Crippen LogP contribution in [0.25, 0.3) is 0 Å². The number of aromatic nitrogens is 1. The molecule has 0 fully saturated rings. The lowest BCUT2D eigenvalue weighted by Gasteiger charge is -2.05. The predicted octanol–water partition coefficient (Wildman–Crippen LogP) is 1.96. The number of hydrogen-bond acceptors (Lipinski definition) is 1. The SMILES string of the molecule is [CH]c1ccn(Cc2ccccc2)c(=O)c1. The summed E-state index contributed by atoms with van der Waals surface area (Å²) >= 11 is 0. The van der Waals surface area contributed by atoms with Crippen molar-refractivity contribution in [3.05, 3.63) is 77.1 Å². The van der Waals surface area contributed by atoms with E-state index in [-0.39, 0.29) is 5.56 Å². The van der Waals surface area contributed by atoms with E-state index in [4.69, 9.17) is 6.92 Å². The molecular formula is C13H11NO. The van der Waals surface area contributed by atoms with Gasteiger partial charge < -0.3 is 4.57 Å². The van der Waals surface area contributed by atoms with Gasteiger partial charge in [-0.05, 0) is 24.1 Å². The van der Waals surface area contributed by atoms with Crippen molar-refractivity contribution in [2.45, 2.75) is 6.54 Å². The van der Waals surface area contributed by atoms with Crippen LogP contribution in [0, 0.1) is 6.92 Å². The van der Waals surface area contributed by atoms with Gasteiger partial charge in [0.05, 0.1) is 6.54 Å². The standard InChI is InChI=1S/C13H11NO/c1-11-7-8-14(13(15)9-11)10-12-5-3-2-4-6-12/h1-9H,10H2. The molecule has 2 rings (SSSR count). The molecule has 0 saturated carbocycles. The highest BCUT2D eigenvalue weighted by atomic mass is 16.1. The maximum atomic E-state index is 11.5.